The Kier molecular flexibility index (Phi) is 7.78. The number of carbonyl (C=O) groups is 2. The number of hydrogen-bond acceptors (Lipinski definition) is 5. The Labute approximate surface area is 104 Å². The number of carboxylic acid groups (broad SMARTS) is 1. The SMILES string of the molecule is N[C@@H](CSI)C(=O)N[C@@H](CS)C(=O)O. The van der Waals surface area contributed by atoms with Gasteiger partial charge in [-0.15, -0.1) is 0 Å². The van der Waals surface area contributed by atoms with Gasteiger partial charge in [-0.1, -0.05) is 8.93 Å². The maximum absolute atomic E-state index is 11.3. The molecule has 0 radical (unpaired) electrons. The van der Waals surface area contributed by atoms with E-state index < -0.39 is 24.0 Å². The summed E-state index contributed by atoms with van der Waals surface area (Å²) in [5.41, 5.74) is 5.48. The molecule has 0 aliphatic rings. The summed E-state index contributed by atoms with van der Waals surface area (Å²) < 4.78 is 0. The van der Waals surface area contributed by atoms with Gasteiger partial charge in [-0.05, 0) is 21.2 Å². The maximum Gasteiger partial charge on any atom is 0.327 e. The van der Waals surface area contributed by atoms with E-state index in [-0.39, 0.29) is 5.75 Å². The van der Waals surface area contributed by atoms with Crippen LogP contribution in [0, 0.1) is 0 Å². The predicted octanol–water partition coefficient (Wildman–Crippen LogP) is -0.104. The van der Waals surface area contributed by atoms with Gasteiger partial charge in [0.2, 0.25) is 5.91 Å². The van der Waals surface area contributed by atoms with Gasteiger partial charge in [-0.25, -0.2) is 4.79 Å². The first-order valence-corrected chi connectivity index (χ1v) is 7.82. The second kappa shape index (κ2) is 7.60. The molecule has 0 aromatic heterocycles. The molecule has 0 aliphatic heterocycles. The van der Waals surface area contributed by atoms with E-state index in [9.17, 15) is 9.59 Å². The molecular weight excluding hydrogens is 339 g/mol. The number of amides is 1. The smallest absolute Gasteiger partial charge is 0.327 e. The number of nitrogens with two attached hydrogens (primary N) is 1. The van der Waals surface area contributed by atoms with Gasteiger partial charge in [-0.3, -0.25) is 4.79 Å². The van der Waals surface area contributed by atoms with Crippen LogP contribution in [0.25, 0.3) is 0 Å². The highest BCUT2D eigenvalue weighted by Crippen LogP contribution is 2.11. The molecule has 0 saturated heterocycles. The lowest BCUT2D eigenvalue weighted by molar-refractivity contribution is -0.141. The van der Waals surface area contributed by atoms with Gasteiger partial charge in [0.05, 0.1) is 6.04 Å². The van der Waals surface area contributed by atoms with Crippen LogP contribution in [-0.4, -0.2) is 40.6 Å². The van der Waals surface area contributed by atoms with Gasteiger partial charge in [0.1, 0.15) is 6.04 Å². The van der Waals surface area contributed by atoms with Crippen molar-refractivity contribution in [3.8, 4) is 0 Å². The summed E-state index contributed by atoms with van der Waals surface area (Å²) in [6, 6.07) is -1.66. The lowest BCUT2D eigenvalue weighted by atomic mass is 10.3. The Morgan fingerprint density at radius 2 is 2.21 bits per heavy atom. The topological polar surface area (TPSA) is 92.4 Å². The summed E-state index contributed by atoms with van der Waals surface area (Å²) in [4.78, 5) is 21.8. The molecular formula is C6H11IN2O3S2. The first-order chi connectivity index (χ1) is 6.52. The molecule has 0 bridgehead atoms. The Balaban J connectivity index is 4.08. The molecule has 0 aromatic carbocycles. The monoisotopic (exact) mass is 350 g/mol. The largest absolute Gasteiger partial charge is 0.480 e. The predicted molar refractivity (Wildman–Crippen MR) is 67.9 cm³/mol. The summed E-state index contributed by atoms with van der Waals surface area (Å²) in [7, 11) is 1.40. The van der Waals surface area contributed by atoms with Crippen LogP contribution < -0.4 is 11.1 Å². The number of rotatable bonds is 6. The highest BCUT2D eigenvalue weighted by atomic mass is 127. The third kappa shape index (κ3) is 5.27. The molecule has 0 saturated carbocycles. The zero-order valence-electron chi connectivity index (χ0n) is 7.14. The van der Waals surface area contributed by atoms with E-state index in [2.05, 4.69) is 17.9 Å². The molecule has 0 aliphatic carbocycles. The second-order valence-corrected chi connectivity index (χ2v) is 5.25. The number of carbonyl (C=O) groups excluding carboxylic acids is 1. The first-order valence-electron chi connectivity index (χ1n) is 3.66. The Morgan fingerprint density at radius 1 is 1.64 bits per heavy atom. The van der Waals surface area contributed by atoms with Crippen molar-refractivity contribution in [3.63, 3.8) is 0 Å². The van der Waals surface area contributed by atoms with E-state index in [4.69, 9.17) is 10.8 Å². The molecule has 0 fully saturated rings. The molecule has 0 heterocycles. The van der Waals surface area contributed by atoms with Gasteiger partial charge in [-0.2, -0.15) is 12.6 Å². The van der Waals surface area contributed by atoms with Crippen molar-refractivity contribution in [3.05, 3.63) is 0 Å². The van der Waals surface area contributed by atoms with E-state index in [1.165, 1.54) is 8.93 Å². The van der Waals surface area contributed by atoms with E-state index in [0.717, 1.165) is 0 Å². The molecule has 5 nitrogen and oxygen atoms in total. The molecule has 0 spiro atoms. The second-order valence-electron chi connectivity index (χ2n) is 2.46. The average Bonchev–Trinajstić information content (AvgIpc) is 2.13. The minimum absolute atomic E-state index is 0.0468. The number of nitrogens with one attached hydrogen (secondary N) is 1. The van der Waals surface area contributed by atoms with E-state index in [1.807, 2.05) is 21.2 Å². The minimum Gasteiger partial charge on any atom is -0.480 e. The molecule has 0 unspecified atom stereocenters. The van der Waals surface area contributed by atoms with Crippen LogP contribution in [0.3, 0.4) is 0 Å². The van der Waals surface area contributed by atoms with Crippen LogP contribution in [0.1, 0.15) is 0 Å². The van der Waals surface area contributed by atoms with Crippen LogP contribution >= 0.6 is 42.8 Å². The Morgan fingerprint density at radius 3 is 2.57 bits per heavy atom. The van der Waals surface area contributed by atoms with Crippen molar-refractivity contribution in [1.82, 2.24) is 5.32 Å². The van der Waals surface area contributed by atoms with Crippen molar-refractivity contribution in [1.29, 1.82) is 0 Å². The lowest BCUT2D eigenvalue weighted by Crippen LogP contribution is -2.50. The molecule has 0 aromatic rings. The van der Waals surface area contributed by atoms with Crippen LogP contribution in [0.15, 0.2) is 0 Å². The molecule has 2 atom stereocenters. The molecule has 4 N–H and O–H groups in total. The molecule has 1 amide bonds. The fourth-order valence-corrected chi connectivity index (χ4v) is 2.30. The zero-order valence-corrected chi connectivity index (χ0v) is 11.0. The summed E-state index contributed by atoms with van der Waals surface area (Å²) in [6.45, 7) is 0. The average molecular weight is 350 g/mol. The minimum atomic E-state index is -1.11. The van der Waals surface area contributed by atoms with Gasteiger partial charge >= 0.3 is 5.97 Å². The Bertz CT molecular complexity index is 217. The molecule has 14 heavy (non-hydrogen) atoms. The summed E-state index contributed by atoms with van der Waals surface area (Å²) in [5.74, 6) is -1.07. The van der Waals surface area contributed by atoms with Crippen molar-refractivity contribution < 1.29 is 14.7 Å². The highest BCUT2D eigenvalue weighted by molar-refractivity contribution is 14.2. The summed E-state index contributed by atoms with van der Waals surface area (Å²) in [5, 5.41) is 10.9. The number of carboxylic acids is 1. The molecule has 8 heteroatoms. The number of aliphatic carboxylic acids is 1. The molecule has 0 rings (SSSR count). The first kappa shape index (κ1) is 14.3. The van der Waals surface area contributed by atoms with E-state index in [0.29, 0.717) is 5.75 Å². The number of thiol groups is 1. The fraction of sp³-hybridized carbons (Fsp3) is 0.667. The van der Waals surface area contributed by atoms with Crippen molar-refractivity contribution in [2.45, 2.75) is 12.1 Å². The Hall–Kier alpha value is 0.330. The zero-order chi connectivity index (χ0) is 11.1. The van der Waals surface area contributed by atoms with Gasteiger partial charge in [0.15, 0.2) is 0 Å². The van der Waals surface area contributed by atoms with E-state index in [1.54, 1.807) is 0 Å². The third-order valence-corrected chi connectivity index (χ3v) is 3.31. The summed E-state index contributed by atoms with van der Waals surface area (Å²) >= 11 is 5.82. The van der Waals surface area contributed by atoms with Gasteiger partial charge in [0, 0.05) is 11.5 Å². The fourth-order valence-electron chi connectivity index (χ4n) is 0.608. The quantitative estimate of drug-likeness (QED) is 0.397. The maximum atomic E-state index is 11.3. The van der Waals surface area contributed by atoms with Crippen molar-refractivity contribution in [2.75, 3.05) is 11.5 Å². The number of hydrogen-bond donors (Lipinski definition) is 4. The van der Waals surface area contributed by atoms with Crippen LogP contribution in [0.4, 0.5) is 0 Å². The number of halogens is 1. The van der Waals surface area contributed by atoms with Gasteiger partial charge in [0.25, 0.3) is 0 Å². The van der Waals surface area contributed by atoms with E-state index >= 15 is 0 Å². The van der Waals surface area contributed by atoms with Crippen LogP contribution in [0.2, 0.25) is 0 Å². The van der Waals surface area contributed by atoms with Crippen LogP contribution in [-0.2, 0) is 9.59 Å². The van der Waals surface area contributed by atoms with Crippen molar-refractivity contribution in [2.24, 2.45) is 5.73 Å². The van der Waals surface area contributed by atoms with Gasteiger partial charge < -0.3 is 16.2 Å². The van der Waals surface area contributed by atoms with Crippen LogP contribution in [0.5, 0.6) is 0 Å². The third-order valence-electron chi connectivity index (χ3n) is 1.38. The normalized spacial score (nSPS) is 14.5. The summed E-state index contributed by atoms with van der Waals surface area (Å²) in [6.07, 6.45) is 0. The standard InChI is InChI=1S/C6H11IN2O3S2/c7-14-2-3(8)5(10)9-4(1-13)6(11)12/h3-4,13H,1-2,8H2,(H,9,10)(H,11,12)/t3-,4-/m0/s1. The lowest BCUT2D eigenvalue weighted by Gasteiger charge is -2.15. The molecule has 82 valence electrons. The van der Waals surface area contributed by atoms with Crippen molar-refractivity contribution >= 4 is 54.6 Å². The highest BCUT2D eigenvalue weighted by Gasteiger charge is 2.21.